The Balaban J connectivity index is 0.000000232. The van der Waals surface area contributed by atoms with Crippen LogP contribution < -0.4 is 18.6 Å². The summed E-state index contributed by atoms with van der Waals surface area (Å²) in [5.41, 5.74) is 4.68. The number of hydrogen-bond donors (Lipinski definition) is 0. The number of rotatable bonds is 0. The first kappa shape index (κ1) is 14.4. The van der Waals surface area contributed by atoms with Gasteiger partial charge in [-0.25, -0.2) is 23.2 Å². The molecule has 0 bridgehead atoms. The summed E-state index contributed by atoms with van der Waals surface area (Å²) < 4.78 is 36.6. The Morgan fingerprint density at radius 1 is 0.895 bits per heavy atom. The van der Waals surface area contributed by atoms with E-state index in [-0.39, 0.29) is 0 Å². The number of benzene rings is 1. The molecule has 0 unspecified atom stereocenters. The second kappa shape index (κ2) is 5.98. The van der Waals surface area contributed by atoms with Crippen molar-refractivity contribution in [3.8, 4) is 0 Å². The zero-order valence-corrected chi connectivity index (χ0v) is 11.3. The molecule has 0 saturated carbocycles. The van der Waals surface area contributed by atoms with Crippen LogP contribution in [-0.2, 0) is 6.42 Å². The molecule has 19 heavy (non-hydrogen) atoms. The molecule has 0 atom stereocenters. The fourth-order valence-corrected chi connectivity index (χ4v) is 2.72. The highest BCUT2D eigenvalue weighted by Gasteiger charge is 2.27. The van der Waals surface area contributed by atoms with E-state index in [4.69, 9.17) is 18.6 Å². The molecule has 0 radical (unpaired) electrons. The van der Waals surface area contributed by atoms with Crippen molar-refractivity contribution in [1.29, 1.82) is 0 Å². The first-order valence-corrected chi connectivity index (χ1v) is 7.49. The van der Waals surface area contributed by atoms with Crippen molar-refractivity contribution in [3.05, 3.63) is 35.4 Å². The molecule has 1 fully saturated rings. The van der Waals surface area contributed by atoms with E-state index in [9.17, 15) is 0 Å². The molecular weight excluding hydrogens is 270 g/mol. The molecule has 3 rings (SSSR count). The number of halogens is 1. The fraction of sp³-hybridized carbons (Fsp3) is 0.462. The number of aryl methyl sites for hydroxylation is 1. The molecule has 0 spiro atoms. The van der Waals surface area contributed by atoms with Crippen molar-refractivity contribution in [1.82, 2.24) is 0 Å². The van der Waals surface area contributed by atoms with E-state index in [1.54, 1.807) is 11.3 Å². The second-order valence-corrected chi connectivity index (χ2v) is 5.43. The molecule has 1 aromatic carbocycles. The maximum Gasteiger partial charge on any atom is 0.183 e. The van der Waals surface area contributed by atoms with Crippen molar-refractivity contribution in [2.24, 2.45) is 0 Å². The molecule has 0 N–H and O–H groups in total. The molecule has 1 aliphatic carbocycles. The van der Waals surface area contributed by atoms with E-state index in [0.717, 1.165) is 0 Å². The van der Waals surface area contributed by atoms with Crippen LogP contribution in [0.4, 0.5) is 0 Å². The predicted molar refractivity (Wildman–Crippen MR) is 58.1 cm³/mol. The molecule has 1 saturated heterocycles. The molecule has 0 aromatic heterocycles. The average molecular weight is 286 g/mol. The molecule has 104 valence electrons. The van der Waals surface area contributed by atoms with Gasteiger partial charge in [0.2, 0.25) is 0 Å². The Labute approximate surface area is 114 Å². The quantitative estimate of drug-likeness (QED) is 0.491. The number of nitrogens with zero attached hydrogens (tertiary/aromatic N) is 1. The fourth-order valence-electron chi connectivity index (χ4n) is 2.72. The molecule has 6 heteroatoms. The third kappa shape index (κ3) is 4.26. The Morgan fingerprint density at radius 3 is 2.11 bits per heavy atom. The highest BCUT2D eigenvalue weighted by Crippen LogP contribution is 2.23. The monoisotopic (exact) mass is 285 g/mol. The second-order valence-electron chi connectivity index (χ2n) is 4.68. The lowest BCUT2D eigenvalue weighted by molar-refractivity contribution is -2.00. The molecule has 1 aliphatic heterocycles. The van der Waals surface area contributed by atoms with Crippen LogP contribution in [0.2, 0.25) is 0 Å². The van der Waals surface area contributed by atoms with Crippen LogP contribution in [0.25, 0.3) is 0 Å². The van der Waals surface area contributed by atoms with Crippen molar-refractivity contribution >= 4 is 5.71 Å². The molecule has 1 aromatic rings. The summed E-state index contributed by atoms with van der Waals surface area (Å²) in [5.74, 6) is 0. The van der Waals surface area contributed by atoms with Crippen molar-refractivity contribution in [2.45, 2.75) is 25.7 Å². The van der Waals surface area contributed by atoms with Gasteiger partial charge in [0.25, 0.3) is 0 Å². The van der Waals surface area contributed by atoms with Gasteiger partial charge in [-0.05, 0) is 18.1 Å². The summed E-state index contributed by atoms with van der Waals surface area (Å²) in [6, 6.07) is 8.89. The third-order valence-corrected chi connectivity index (χ3v) is 3.45. The van der Waals surface area contributed by atoms with Crippen LogP contribution in [0.3, 0.4) is 0 Å². The predicted octanol–water partition coefficient (Wildman–Crippen LogP) is -2.53. The van der Waals surface area contributed by atoms with Crippen LogP contribution in [0.15, 0.2) is 24.3 Å². The SMILES string of the molecule is [O-][Cl+3]([O-])([O-])[O-].c1ccc2c(c1)CCC2=[N+]1CCCC1. The van der Waals surface area contributed by atoms with E-state index in [2.05, 4.69) is 28.8 Å². The molecule has 1 heterocycles. The van der Waals surface area contributed by atoms with Gasteiger partial charge >= 0.3 is 0 Å². The van der Waals surface area contributed by atoms with Gasteiger partial charge in [-0.1, -0.05) is 18.2 Å². The first-order valence-electron chi connectivity index (χ1n) is 6.26. The minimum Gasteiger partial charge on any atom is -0.233 e. The Morgan fingerprint density at radius 2 is 1.47 bits per heavy atom. The smallest absolute Gasteiger partial charge is 0.183 e. The van der Waals surface area contributed by atoms with E-state index >= 15 is 0 Å². The Bertz CT molecular complexity index is 468. The minimum atomic E-state index is -4.94. The van der Waals surface area contributed by atoms with Crippen LogP contribution in [0, 0.1) is 10.2 Å². The lowest BCUT2D eigenvalue weighted by Gasteiger charge is -2.17. The van der Waals surface area contributed by atoms with Crippen molar-refractivity contribution in [2.75, 3.05) is 13.1 Å². The summed E-state index contributed by atoms with van der Waals surface area (Å²) in [6.07, 6.45) is 5.28. The maximum atomic E-state index is 8.49. The van der Waals surface area contributed by atoms with Gasteiger partial charge in [0, 0.05) is 24.8 Å². The highest BCUT2D eigenvalue weighted by molar-refractivity contribution is 6.01. The largest absolute Gasteiger partial charge is 0.233 e. The molecule has 0 amide bonds. The van der Waals surface area contributed by atoms with Gasteiger partial charge in [-0.2, -0.15) is 0 Å². The number of hydrogen-bond acceptors (Lipinski definition) is 4. The summed E-state index contributed by atoms with van der Waals surface area (Å²) >= 11 is 0. The zero-order chi connectivity index (χ0) is 13.9. The normalized spacial score (nSPS) is 18.1. The molecular formula is C13H16ClNO4. The van der Waals surface area contributed by atoms with E-state index in [1.807, 2.05) is 0 Å². The van der Waals surface area contributed by atoms with Crippen LogP contribution >= 0.6 is 0 Å². The molecule has 2 aliphatic rings. The van der Waals surface area contributed by atoms with E-state index in [0.29, 0.717) is 0 Å². The highest BCUT2D eigenvalue weighted by atomic mass is 35.7. The lowest BCUT2D eigenvalue weighted by atomic mass is 10.1. The van der Waals surface area contributed by atoms with Crippen LogP contribution in [0.5, 0.6) is 0 Å². The van der Waals surface area contributed by atoms with Gasteiger partial charge in [0.1, 0.15) is 13.1 Å². The summed E-state index contributed by atoms with van der Waals surface area (Å²) in [5, 5.41) is 0. The van der Waals surface area contributed by atoms with Crippen molar-refractivity contribution < 1.29 is 33.5 Å². The summed E-state index contributed by atoms with van der Waals surface area (Å²) in [4.78, 5) is 0. The van der Waals surface area contributed by atoms with Gasteiger partial charge < -0.3 is 0 Å². The average Bonchev–Trinajstić information content (AvgIpc) is 2.95. The van der Waals surface area contributed by atoms with E-state index < -0.39 is 10.2 Å². The Hall–Kier alpha value is -0.980. The minimum absolute atomic E-state index is 1.25. The number of fused-ring (bicyclic) bond motifs is 1. The third-order valence-electron chi connectivity index (χ3n) is 3.45. The maximum absolute atomic E-state index is 8.49. The molecule has 5 nitrogen and oxygen atoms in total. The summed E-state index contributed by atoms with van der Waals surface area (Å²) in [6.45, 7) is 2.56. The Kier molecular flexibility index (Phi) is 4.54. The van der Waals surface area contributed by atoms with Crippen LogP contribution in [0.1, 0.15) is 30.4 Å². The standard InChI is InChI=1S/C13H16N.ClHO4/c1-2-6-12-11(5-1)7-8-13(12)14-9-3-4-10-14;2-1(3,4)5/h1-2,5-6H,3-4,7-10H2;(H,2,3,4,5)/q+1;/p-1. The summed E-state index contributed by atoms with van der Waals surface area (Å²) in [7, 11) is -4.94. The van der Waals surface area contributed by atoms with E-state index in [1.165, 1.54) is 44.3 Å². The van der Waals surface area contributed by atoms with Gasteiger partial charge in [-0.15, -0.1) is 10.2 Å². The van der Waals surface area contributed by atoms with Crippen LogP contribution in [-0.4, -0.2) is 23.4 Å². The van der Waals surface area contributed by atoms with Gasteiger partial charge in [-0.3, -0.25) is 0 Å². The van der Waals surface area contributed by atoms with Gasteiger partial charge in [0.15, 0.2) is 5.71 Å². The van der Waals surface area contributed by atoms with Gasteiger partial charge in [0.05, 0.1) is 0 Å². The first-order chi connectivity index (χ1) is 8.95. The topological polar surface area (TPSA) is 95.2 Å². The van der Waals surface area contributed by atoms with Crippen molar-refractivity contribution in [3.63, 3.8) is 0 Å². The zero-order valence-electron chi connectivity index (χ0n) is 10.5. The lowest BCUT2D eigenvalue weighted by Crippen LogP contribution is -2.68.